The summed E-state index contributed by atoms with van der Waals surface area (Å²) in [5.74, 6) is 0.143. The summed E-state index contributed by atoms with van der Waals surface area (Å²) in [5.41, 5.74) is 4.51. The number of benzene rings is 3. The van der Waals surface area contributed by atoms with Crippen LogP contribution in [0.3, 0.4) is 0 Å². The number of amides is 1. The largest absolute Gasteiger partial charge is 0.307 e. The van der Waals surface area contributed by atoms with E-state index in [1.54, 1.807) is 0 Å². The molecule has 1 aliphatic heterocycles. The number of hydrogen-bond donors (Lipinski definition) is 0. The lowest BCUT2D eigenvalue weighted by Crippen LogP contribution is -2.38. The van der Waals surface area contributed by atoms with Crippen LogP contribution in [0.2, 0.25) is 0 Å². The van der Waals surface area contributed by atoms with E-state index in [0.717, 1.165) is 28.7 Å². The average Bonchev–Trinajstić information content (AvgIpc) is 2.84. The van der Waals surface area contributed by atoms with Gasteiger partial charge in [-0.15, -0.1) is 0 Å². The number of fused-ring (bicyclic) bond motifs is 1. The zero-order valence-electron chi connectivity index (χ0n) is 16.6. The highest BCUT2D eigenvalue weighted by atomic mass is 79.9. The Balaban J connectivity index is 1.85. The molecule has 1 amide bonds. The van der Waals surface area contributed by atoms with E-state index < -0.39 is 0 Å². The molecular formula is C25H25BrN2O. The maximum atomic E-state index is 13.4. The second-order valence-corrected chi connectivity index (χ2v) is 8.37. The number of anilines is 1. The van der Waals surface area contributed by atoms with Gasteiger partial charge in [0.05, 0.1) is 19.1 Å². The molecule has 0 aliphatic carbocycles. The van der Waals surface area contributed by atoms with Gasteiger partial charge in [0.1, 0.15) is 0 Å². The summed E-state index contributed by atoms with van der Waals surface area (Å²) in [6.07, 6.45) is 0.999. The normalized spacial score (nSPS) is 17.1. The molecule has 0 saturated carbocycles. The summed E-state index contributed by atoms with van der Waals surface area (Å²) >= 11 is 3.65. The zero-order valence-corrected chi connectivity index (χ0v) is 18.2. The average molecular weight is 449 g/mol. The maximum absolute atomic E-state index is 13.4. The predicted molar refractivity (Wildman–Crippen MR) is 122 cm³/mol. The molecular weight excluding hydrogens is 424 g/mol. The van der Waals surface area contributed by atoms with Crippen LogP contribution in [-0.2, 0) is 11.3 Å². The lowest BCUT2D eigenvalue weighted by Gasteiger charge is -2.30. The molecule has 29 heavy (non-hydrogen) atoms. The molecule has 0 spiro atoms. The minimum absolute atomic E-state index is 0.0494. The summed E-state index contributed by atoms with van der Waals surface area (Å²) in [4.78, 5) is 17.7. The van der Waals surface area contributed by atoms with Gasteiger partial charge < -0.3 is 4.90 Å². The lowest BCUT2D eigenvalue weighted by molar-refractivity contribution is -0.120. The second-order valence-electron chi connectivity index (χ2n) is 7.45. The molecule has 1 heterocycles. The van der Waals surface area contributed by atoms with Gasteiger partial charge in [0.2, 0.25) is 5.91 Å². The molecule has 148 valence electrons. The molecule has 0 bridgehead atoms. The molecule has 4 heteroatoms. The minimum Gasteiger partial charge on any atom is -0.307 e. The van der Waals surface area contributed by atoms with Gasteiger partial charge in [-0.2, -0.15) is 0 Å². The molecule has 0 aromatic heterocycles. The van der Waals surface area contributed by atoms with Gasteiger partial charge in [-0.05, 0) is 47.9 Å². The Bertz CT molecular complexity index is 975. The van der Waals surface area contributed by atoms with E-state index in [0.29, 0.717) is 13.1 Å². The van der Waals surface area contributed by atoms with Crippen LogP contribution in [-0.4, -0.2) is 23.9 Å². The monoisotopic (exact) mass is 448 g/mol. The third kappa shape index (κ3) is 4.29. The quantitative estimate of drug-likeness (QED) is 0.492. The Morgan fingerprint density at radius 2 is 1.66 bits per heavy atom. The van der Waals surface area contributed by atoms with E-state index in [9.17, 15) is 4.79 Å². The smallest absolute Gasteiger partial charge is 0.241 e. The van der Waals surface area contributed by atoms with Gasteiger partial charge in [-0.3, -0.25) is 9.69 Å². The van der Waals surface area contributed by atoms with Gasteiger partial charge in [0.25, 0.3) is 0 Å². The van der Waals surface area contributed by atoms with Crippen molar-refractivity contribution in [2.45, 2.75) is 25.9 Å². The number of carbonyl (C=O) groups is 1. The van der Waals surface area contributed by atoms with Crippen LogP contribution in [0.5, 0.6) is 0 Å². The minimum atomic E-state index is 0.0494. The molecule has 0 N–H and O–H groups in total. The van der Waals surface area contributed by atoms with Crippen LogP contribution in [0.15, 0.2) is 83.3 Å². The van der Waals surface area contributed by atoms with Gasteiger partial charge in [-0.25, -0.2) is 0 Å². The van der Waals surface area contributed by atoms with Crippen LogP contribution in [0.1, 0.15) is 36.1 Å². The first-order valence-corrected chi connectivity index (χ1v) is 10.9. The van der Waals surface area contributed by atoms with E-state index >= 15 is 0 Å². The molecule has 1 aliphatic rings. The summed E-state index contributed by atoms with van der Waals surface area (Å²) in [6.45, 7) is 4.03. The van der Waals surface area contributed by atoms with Crippen molar-refractivity contribution in [3.05, 3.63) is 100 Å². The molecule has 0 radical (unpaired) electrons. The van der Waals surface area contributed by atoms with Crippen molar-refractivity contribution in [1.29, 1.82) is 0 Å². The van der Waals surface area contributed by atoms with E-state index in [2.05, 4.69) is 76.3 Å². The van der Waals surface area contributed by atoms with Gasteiger partial charge in [-0.1, -0.05) is 83.5 Å². The Labute approximate surface area is 181 Å². The zero-order chi connectivity index (χ0) is 20.2. The first kappa shape index (κ1) is 19.9. The van der Waals surface area contributed by atoms with Gasteiger partial charge >= 0.3 is 0 Å². The van der Waals surface area contributed by atoms with E-state index in [1.807, 2.05) is 35.2 Å². The molecule has 1 atom stereocenters. The summed E-state index contributed by atoms with van der Waals surface area (Å²) in [5, 5.41) is 0. The third-order valence-corrected chi connectivity index (χ3v) is 5.88. The standard InChI is InChI=1S/C25H25BrN2O/c1-2-15-27-18-24(29)28(17-19-9-5-3-6-10-19)23-14-13-21(26)16-22(23)25(27)20-11-7-4-8-12-20/h3-14,16,25H,2,15,17-18H2,1H3. The van der Waals surface area contributed by atoms with Gasteiger partial charge in [0.15, 0.2) is 0 Å². The van der Waals surface area contributed by atoms with E-state index in [1.165, 1.54) is 11.1 Å². The molecule has 3 nitrogen and oxygen atoms in total. The number of rotatable bonds is 5. The Hall–Kier alpha value is -2.43. The summed E-state index contributed by atoms with van der Waals surface area (Å²) in [6, 6.07) is 27.1. The molecule has 4 rings (SSSR count). The number of halogens is 1. The SMILES string of the molecule is CCCN1CC(=O)N(Cc2ccccc2)c2ccc(Br)cc2C1c1ccccc1. The van der Waals surface area contributed by atoms with E-state index in [-0.39, 0.29) is 11.9 Å². The Morgan fingerprint density at radius 1 is 0.966 bits per heavy atom. The highest BCUT2D eigenvalue weighted by molar-refractivity contribution is 9.10. The lowest BCUT2D eigenvalue weighted by atomic mass is 9.95. The molecule has 1 unspecified atom stereocenters. The number of hydrogen-bond acceptors (Lipinski definition) is 2. The first-order chi connectivity index (χ1) is 14.2. The van der Waals surface area contributed by atoms with Crippen LogP contribution < -0.4 is 4.90 Å². The Kier molecular flexibility index (Phi) is 6.12. The van der Waals surface area contributed by atoms with Crippen molar-refractivity contribution in [1.82, 2.24) is 4.90 Å². The maximum Gasteiger partial charge on any atom is 0.241 e. The highest BCUT2D eigenvalue weighted by Crippen LogP contribution is 2.40. The Morgan fingerprint density at radius 3 is 2.34 bits per heavy atom. The molecule has 0 fully saturated rings. The molecule has 3 aromatic carbocycles. The van der Waals surface area contributed by atoms with Gasteiger partial charge in [0, 0.05) is 10.2 Å². The third-order valence-electron chi connectivity index (χ3n) is 5.39. The fraction of sp³-hybridized carbons (Fsp3) is 0.240. The van der Waals surface area contributed by atoms with Crippen molar-refractivity contribution < 1.29 is 4.79 Å². The molecule has 3 aromatic rings. The van der Waals surface area contributed by atoms with Crippen LogP contribution >= 0.6 is 15.9 Å². The number of nitrogens with zero attached hydrogens (tertiary/aromatic N) is 2. The van der Waals surface area contributed by atoms with Crippen molar-refractivity contribution >= 4 is 27.5 Å². The van der Waals surface area contributed by atoms with Crippen LogP contribution in [0, 0.1) is 0 Å². The molecule has 0 saturated heterocycles. The van der Waals surface area contributed by atoms with Crippen molar-refractivity contribution in [2.24, 2.45) is 0 Å². The summed E-state index contributed by atoms with van der Waals surface area (Å²) < 4.78 is 1.03. The number of carbonyl (C=O) groups excluding carboxylic acids is 1. The van der Waals surface area contributed by atoms with Crippen molar-refractivity contribution in [3.63, 3.8) is 0 Å². The highest BCUT2D eigenvalue weighted by Gasteiger charge is 2.33. The van der Waals surface area contributed by atoms with E-state index in [4.69, 9.17) is 0 Å². The first-order valence-electron chi connectivity index (χ1n) is 10.1. The fourth-order valence-corrected chi connectivity index (χ4v) is 4.51. The summed E-state index contributed by atoms with van der Waals surface area (Å²) in [7, 11) is 0. The van der Waals surface area contributed by atoms with Crippen LogP contribution in [0.4, 0.5) is 5.69 Å². The fourth-order valence-electron chi connectivity index (χ4n) is 4.13. The second kappa shape index (κ2) is 8.93. The van der Waals surface area contributed by atoms with Crippen molar-refractivity contribution in [3.8, 4) is 0 Å². The topological polar surface area (TPSA) is 23.6 Å². The van der Waals surface area contributed by atoms with Crippen LogP contribution in [0.25, 0.3) is 0 Å². The predicted octanol–water partition coefficient (Wildman–Crippen LogP) is 5.80. The van der Waals surface area contributed by atoms with Crippen molar-refractivity contribution in [2.75, 3.05) is 18.0 Å².